The fraction of sp³-hybridized carbons (Fsp3) is 0.474. The van der Waals surface area contributed by atoms with Crippen LogP contribution in [0.2, 0.25) is 0 Å². The SMILES string of the molecule is CCNC(=NCCCc1nnc2ccccn12)NCCc1nc(C)c(C)s1. The molecule has 2 N–H and O–H groups in total. The third-order valence-corrected chi connectivity index (χ3v) is 5.39. The largest absolute Gasteiger partial charge is 0.357 e. The number of aryl methyl sites for hydroxylation is 3. The quantitative estimate of drug-likeness (QED) is 0.354. The molecule has 144 valence electrons. The Kier molecular flexibility index (Phi) is 6.75. The molecule has 3 heterocycles. The van der Waals surface area contributed by atoms with Crippen LogP contribution in [0.4, 0.5) is 0 Å². The van der Waals surface area contributed by atoms with Gasteiger partial charge in [0.1, 0.15) is 5.82 Å². The number of pyridine rings is 1. The normalized spacial score (nSPS) is 11.9. The number of guanidine groups is 1. The zero-order valence-corrected chi connectivity index (χ0v) is 17.0. The molecule has 0 unspecified atom stereocenters. The lowest BCUT2D eigenvalue weighted by atomic mass is 10.3. The van der Waals surface area contributed by atoms with E-state index in [9.17, 15) is 0 Å². The smallest absolute Gasteiger partial charge is 0.191 e. The first-order valence-corrected chi connectivity index (χ1v) is 10.2. The standard InChI is InChI=1S/C19H27N7S/c1-4-20-19(22-12-10-18-23-14(2)15(3)27-18)21-11-7-9-17-25-24-16-8-5-6-13-26(16)17/h5-6,8,13H,4,7,9-12H2,1-3H3,(H2,20,21,22). The molecule has 0 aliphatic heterocycles. The number of aliphatic imine (C=N–C) groups is 1. The molecule has 3 rings (SSSR count). The highest BCUT2D eigenvalue weighted by Gasteiger charge is 2.05. The van der Waals surface area contributed by atoms with Gasteiger partial charge in [-0.25, -0.2) is 4.98 Å². The summed E-state index contributed by atoms with van der Waals surface area (Å²) < 4.78 is 2.03. The predicted molar refractivity (Wildman–Crippen MR) is 111 cm³/mol. The summed E-state index contributed by atoms with van der Waals surface area (Å²) in [6, 6.07) is 5.94. The van der Waals surface area contributed by atoms with E-state index in [2.05, 4.69) is 51.6 Å². The van der Waals surface area contributed by atoms with Gasteiger partial charge in [0, 0.05) is 43.5 Å². The van der Waals surface area contributed by atoms with Crippen LogP contribution in [0.25, 0.3) is 5.65 Å². The molecule has 0 amide bonds. The fourth-order valence-electron chi connectivity index (χ4n) is 2.77. The maximum absolute atomic E-state index is 4.67. The second-order valence-corrected chi connectivity index (χ2v) is 7.62. The van der Waals surface area contributed by atoms with Crippen LogP contribution in [0.5, 0.6) is 0 Å². The average Bonchev–Trinajstić information content (AvgIpc) is 3.22. The maximum atomic E-state index is 4.67. The van der Waals surface area contributed by atoms with Gasteiger partial charge in [-0.15, -0.1) is 21.5 Å². The first kappa shape index (κ1) is 19.3. The van der Waals surface area contributed by atoms with Gasteiger partial charge >= 0.3 is 0 Å². The van der Waals surface area contributed by atoms with Crippen molar-refractivity contribution in [2.24, 2.45) is 4.99 Å². The van der Waals surface area contributed by atoms with Gasteiger partial charge in [0.15, 0.2) is 11.6 Å². The monoisotopic (exact) mass is 385 g/mol. The second kappa shape index (κ2) is 9.45. The number of nitrogens with one attached hydrogen (secondary N) is 2. The number of nitrogens with zero attached hydrogens (tertiary/aromatic N) is 5. The summed E-state index contributed by atoms with van der Waals surface area (Å²) in [5.74, 6) is 1.84. The molecule has 27 heavy (non-hydrogen) atoms. The first-order valence-electron chi connectivity index (χ1n) is 9.41. The molecule has 0 bridgehead atoms. The summed E-state index contributed by atoms with van der Waals surface area (Å²) in [4.78, 5) is 10.5. The Morgan fingerprint density at radius 1 is 1.19 bits per heavy atom. The van der Waals surface area contributed by atoms with Crippen LogP contribution in [0, 0.1) is 13.8 Å². The topological polar surface area (TPSA) is 79.5 Å². The van der Waals surface area contributed by atoms with Gasteiger partial charge < -0.3 is 10.6 Å². The molecule has 0 atom stereocenters. The molecule has 7 nitrogen and oxygen atoms in total. The summed E-state index contributed by atoms with van der Waals surface area (Å²) in [6.45, 7) is 8.67. The Hall–Kier alpha value is -2.48. The van der Waals surface area contributed by atoms with Crippen molar-refractivity contribution in [3.05, 3.63) is 45.8 Å². The fourth-order valence-corrected chi connectivity index (χ4v) is 3.70. The van der Waals surface area contributed by atoms with Crippen LogP contribution >= 0.6 is 11.3 Å². The van der Waals surface area contributed by atoms with Gasteiger partial charge in [-0.2, -0.15) is 0 Å². The highest BCUT2D eigenvalue weighted by molar-refractivity contribution is 7.11. The number of fused-ring (bicyclic) bond motifs is 1. The Morgan fingerprint density at radius 3 is 2.85 bits per heavy atom. The summed E-state index contributed by atoms with van der Waals surface area (Å²) in [5, 5.41) is 16.3. The third kappa shape index (κ3) is 5.26. The molecule has 3 aromatic heterocycles. The summed E-state index contributed by atoms with van der Waals surface area (Å²) >= 11 is 1.77. The van der Waals surface area contributed by atoms with E-state index in [0.29, 0.717) is 0 Å². The van der Waals surface area contributed by atoms with Crippen LogP contribution < -0.4 is 10.6 Å². The van der Waals surface area contributed by atoms with Crippen LogP contribution in [0.3, 0.4) is 0 Å². The first-order chi connectivity index (χ1) is 13.2. The number of thiazole rings is 1. The number of hydrogen-bond donors (Lipinski definition) is 2. The molecule has 0 fully saturated rings. The van der Waals surface area contributed by atoms with Crippen LogP contribution in [0.15, 0.2) is 29.4 Å². The second-order valence-electron chi connectivity index (χ2n) is 6.34. The van der Waals surface area contributed by atoms with Gasteiger partial charge in [-0.05, 0) is 39.3 Å². The lowest BCUT2D eigenvalue weighted by Gasteiger charge is -2.10. The van der Waals surface area contributed by atoms with E-state index in [1.807, 2.05) is 28.8 Å². The Bertz CT molecular complexity index is 877. The lowest BCUT2D eigenvalue weighted by molar-refractivity contribution is 0.749. The molecule has 0 saturated carbocycles. The molecule has 0 aliphatic carbocycles. The van der Waals surface area contributed by atoms with Crippen molar-refractivity contribution in [2.45, 2.75) is 40.0 Å². The van der Waals surface area contributed by atoms with Gasteiger partial charge in [-0.1, -0.05) is 6.07 Å². The minimum absolute atomic E-state index is 0.743. The molecule has 3 aromatic rings. The van der Waals surface area contributed by atoms with Crippen molar-refractivity contribution in [1.29, 1.82) is 0 Å². The van der Waals surface area contributed by atoms with E-state index in [0.717, 1.165) is 62.0 Å². The van der Waals surface area contributed by atoms with Crippen molar-refractivity contribution in [1.82, 2.24) is 30.2 Å². The zero-order valence-electron chi connectivity index (χ0n) is 16.2. The van der Waals surface area contributed by atoms with E-state index in [1.54, 1.807) is 11.3 Å². The number of rotatable bonds is 8. The van der Waals surface area contributed by atoms with Crippen molar-refractivity contribution < 1.29 is 0 Å². The van der Waals surface area contributed by atoms with Crippen LogP contribution in [-0.2, 0) is 12.8 Å². The van der Waals surface area contributed by atoms with Gasteiger partial charge in [-0.3, -0.25) is 9.39 Å². The van der Waals surface area contributed by atoms with E-state index in [4.69, 9.17) is 0 Å². The predicted octanol–water partition coefficient (Wildman–Crippen LogP) is 2.53. The average molecular weight is 386 g/mol. The highest BCUT2D eigenvalue weighted by atomic mass is 32.1. The van der Waals surface area contributed by atoms with Gasteiger partial charge in [0.25, 0.3) is 0 Å². The summed E-state index contributed by atoms with van der Waals surface area (Å²) in [5.41, 5.74) is 2.02. The Balaban J connectivity index is 1.46. The van der Waals surface area contributed by atoms with Crippen LogP contribution in [0.1, 0.15) is 34.7 Å². The molecule has 8 heteroatoms. The minimum Gasteiger partial charge on any atom is -0.357 e. The van der Waals surface area contributed by atoms with Crippen molar-refractivity contribution in [3.8, 4) is 0 Å². The molecule has 0 radical (unpaired) electrons. The molecule has 0 spiro atoms. The Labute approximate surface area is 164 Å². The molecule has 0 aromatic carbocycles. The van der Waals surface area contributed by atoms with Crippen molar-refractivity contribution in [2.75, 3.05) is 19.6 Å². The van der Waals surface area contributed by atoms with Gasteiger partial charge in [0.2, 0.25) is 0 Å². The molecule has 0 saturated heterocycles. The minimum atomic E-state index is 0.743. The lowest BCUT2D eigenvalue weighted by Crippen LogP contribution is -2.38. The molecular formula is C19H27N7S. The van der Waals surface area contributed by atoms with Crippen LogP contribution in [-0.4, -0.2) is 45.2 Å². The van der Waals surface area contributed by atoms with Crippen molar-refractivity contribution >= 4 is 22.9 Å². The maximum Gasteiger partial charge on any atom is 0.191 e. The third-order valence-electron chi connectivity index (χ3n) is 4.26. The van der Waals surface area contributed by atoms with Crippen molar-refractivity contribution in [3.63, 3.8) is 0 Å². The van der Waals surface area contributed by atoms with E-state index >= 15 is 0 Å². The van der Waals surface area contributed by atoms with E-state index in [-0.39, 0.29) is 0 Å². The number of hydrogen-bond acceptors (Lipinski definition) is 5. The molecule has 0 aliphatic rings. The number of aromatic nitrogens is 4. The summed E-state index contributed by atoms with van der Waals surface area (Å²) in [6.07, 6.45) is 4.69. The Morgan fingerprint density at radius 2 is 2.07 bits per heavy atom. The summed E-state index contributed by atoms with van der Waals surface area (Å²) in [7, 11) is 0. The van der Waals surface area contributed by atoms with E-state index in [1.165, 1.54) is 9.88 Å². The van der Waals surface area contributed by atoms with Gasteiger partial charge in [0.05, 0.1) is 10.7 Å². The molecular weight excluding hydrogens is 358 g/mol. The van der Waals surface area contributed by atoms with E-state index < -0.39 is 0 Å². The highest BCUT2D eigenvalue weighted by Crippen LogP contribution is 2.16. The zero-order chi connectivity index (χ0) is 19.1.